The highest BCUT2D eigenvalue weighted by molar-refractivity contribution is 5.79. The van der Waals surface area contributed by atoms with E-state index < -0.39 is 0 Å². The predicted molar refractivity (Wildman–Crippen MR) is 86.3 cm³/mol. The molecule has 1 aliphatic rings. The summed E-state index contributed by atoms with van der Waals surface area (Å²) in [5, 5.41) is 3.10. The molecule has 0 bridgehead atoms. The van der Waals surface area contributed by atoms with E-state index in [1.165, 1.54) is 0 Å². The van der Waals surface area contributed by atoms with Crippen molar-refractivity contribution < 1.29 is 9.53 Å². The Bertz CT molecular complexity index is 823. The van der Waals surface area contributed by atoms with E-state index >= 15 is 0 Å². The van der Waals surface area contributed by atoms with E-state index in [1.54, 1.807) is 0 Å². The first-order valence-corrected chi connectivity index (χ1v) is 7.73. The van der Waals surface area contributed by atoms with E-state index in [-0.39, 0.29) is 18.4 Å². The van der Waals surface area contributed by atoms with Gasteiger partial charge < -0.3 is 14.5 Å². The van der Waals surface area contributed by atoms with Crippen LogP contribution in [0.3, 0.4) is 0 Å². The van der Waals surface area contributed by atoms with E-state index in [9.17, 15) is 4.79 Å². The Morgan fingerprint density at radius 1 is 1.26 bits per heavy atom. The molecule has 1 aromatic carbocycles. The number of amides is 1. The SMILES string of the molecule is O=C(Cc1cn2ccccc2n1)NC1CCOc2ccccc21. The zero-order valence-electron chi connectivity index (χ0n) is 12.6. The summed E-state index contributed by atoms with van der Waals surface area (Å²) in [5.74, 6) is 0.840. The minimum atomic E-state index is -0.0184. The molecule has 1 atom stereocenters. The third-order valence-electron chi connectivity index (χ3n) is 4.05. The first-order valence-electron chi connectivity index (χ1n) is 7.73. The summed E-state index contributed by atoms with van der Waals surface area (Å²) in [6.45, 7) is 0.621. The standard InChI is InChI=1S/C18H17N3O2/c22-18(11-13-12-21-9-4-3-7-17(21)19-13)20-15-8-10-23-16-6-2-1-5-14(15)16/h1-7,9,12,15H,8,10-11H2,(H,20,22). The zero-order chi connectivity index (χ0) is 15.6. The largest absolute Gasteiger partial charge is 0.493 e. The number of nitrogens with zero attached hydrogens (tertiary/aromatic N) is 2. The van der Waals surface area contributed by atoms with Gasteiger partial charge in [-0.25, -0.2) is 4.98 Å². The molecule has 3 aromatic rings. The Balaban J connectivity index is 1.48. The maximum atomic E-state index is 12.4. The topological polar surface area (TPSA) is 55.6 Å². The number of aromatic nitrogens is 2. The lowest BCUT2D eigenvalue weighted by Gasteiger charge is -2.26. The Labute approximate surface area is 133 Å². The van der Waals surface area contributed by atoms with Crippen molar-refractivity contribution in [3.05, 3.63) is 66.1 Å². The van der Waals surface area contributed by atoms with Crippen LogP contribution in [-0.2, 0) is 11.2 Å². The highest BCUT2D eigenvalue weighted by atomic mass is 16.5. The van der Waals surface area contributed by atoms with Crippen LogP contribution in [0.15, 0.2) is 54.9 Å². The van der Waals surface area contributed by atoms with E-state index in [0.717, 1.165) is 29.1 Å². The van der Waals surface area contributed by atoms with Gasteiger partial charge in [-0.3, -0.25) is 4.79 Å². The van der Waals surface area contributed by atoms with E-state index in [1.807, 2.05) is 59.3 Å². The molecular formula is C18H17N3O2. The van der Waals surface area contributed by atoms with Crippen molar-refractivity contribution in [2.24, 2.45) is 0 Å². The quantitative estimate of drug-likeness (QED) is 0.809. The molecule has 23 heavy (non-hydrogen) atoms. The second-order valence-corrected chi connectivity index (χ2v) is 5.67. The van der Waals surface area contributed by atoms with Crippen molar-refractivity contribution in [3.63, 3.8) is 0 Å². The second kappa shape index (κ2) is 5.76. The number of fused-ring (bicyclic) bond motifs is 2. The van der Waals surface area contributed by atoms with Gasteiger partial charge in [0.2, 0.25) is 5.91 Å². The summed E-state index contributed by atoms with van der Waals surface area (Å²) in [5.41, 5.74) is 2.67. The van der Waals surface area contributed by atoms with E-state index in [0.29, 0.717) is 6.61 Å². The van der Waals surface area contributed by atoms with Gasteiger partial charge in [-0.15, -0.1) is 0 Å². The lowest BCUT2D eigenvalue weighted by atomic mass is 10.0. The molecule has 0 aliphatic carbocycles. The monoisotopic (exact) mass is 307 g/mol. The van der Waals surface area contributed by atoms with Gasteiger partial charge in [0.1, 0.15) is 11.4 Å². The van der Waals surface area contributed by atoms with Gasteiger partial charge in [0.25, 0.3) is 0 Å². The molecule has 0 saturated heterocycles. The van der Waals surface area contributed by atoms with Gasteiger partial charge in [0.15, 0.2) is 0 Å². The number of hydrogen-bond acceptors (Lipinski definition) is 3. The van der Waals surface area contributed by atoms with Crippen LogP contribution >= 0.6 is 0 Å². The normalized spacial score (nSPS) is 16.6. The number of ether oxygens (including phenoxy) is 1. The molecule has 5 heteroatoms. The van der Waals surface area contributed by atoms with Crippen LogP contribution in [0.2, 0.25) is 0 Å². The first kappa shape index (κ1) is 13.8. The molecule has 3 heterocycles. The smallest absolute Gasteiger partial charge is 0.226 e. The Kier molecular flexibility index (Phi) is 3.46. The third kappa shape index (κ3) is 2.77. The molecule has 1 N–H and O–H groups in total. The van der Waals surface area contributed by atoms with E-state index in [4.69, 9.17) is 4.74 Å². The number of benzene rings is 1. The fourth-order valence-electron chi connectivity index (χ4n) is 2.97. The van der Waals surface area contributed by atoms with Gasteiger partial charge >= 0.3 is 0 Å². The number of pyridine rings is 1. The average Bonchev–Trinajstić information content (AvgIpc) is 2.97. The second-order valence-electron chi connectivity index (χ2n) is 5.67. The van der Waals surface area contributed by atoms with Crippen molar-refractivity contribution in [2.45, 2.75) is 18.9 Å². The summed E-state index contributed by atoms with van der Waals surface area (Å²) in [6.07, 6.45) is 4.89. The summed E-state index contributed by atoms with van der Waals surface area (Å²) in [7, 11) is 0. The van der Waals surface area contributed by atoms with Crippen molar-refractivity contribution in [1.82, 2.24) is 14.7 Å². The lowest BCUT2D eigenvalue weighted by molar-refractivity contribution is -0.121. The summed E-state index contributed by atoms with van der Waals surface area (Å²) in [4.78, 5) is 16.8. The molecule has 0 spiro atoms. The number of hydrogen-bond donors (Lipinski definition) is 1. The minimum Gasteiger partial charge on any atom is -0.493 e. The van der Waals surface area contributed by atoms with Crippen LogP contribution in [0.4, 0.5) is 0 Å². The van der Waals surface area contributed by atoms with Crippen LogP contribution in [0.5, 0.6) is 5.75 Å². The molecule has 0 saturated carbocycles. The predicted octanol–water partition coefficient (Wildman–Crippen LogP) is 2.52. The van der Waals surface area contributed by atoms with Crippen LogP contribution in [0.25, 0.3) is 5.65 Å². The maximum Gasteiger partial charge on any atom is 0.226 e. The van der Waals surface area contributed by atoms with Crippen molar-refractivity contribution in [1.29, 1.82) is 0 Å². The summed E-state index contributed by atoms with van der Waals surface area (Å²) < 4.78 is 7.55. The summed E-state index contributed by atoms with van der Waals surface area (Å²) in [6, 6.07) is 13.7. The Hall–Kier alpha value is -2.82. The number of imidazole rings is 1. The number of rotatable bonds is 3. The number of nitrogens with one attached hydrogen (secondary N) is 1. The van der Waals surface area contributed by atoms with Gasteiger partial charge in [0.05, 0.1) is 24.8 Å². The molecule has 5 nitrogen and oxygen atoms in total. The summed E-state index contributed by atoms with van der Waals surface area (Å²) >= 11 is 0. The fraction of sp³-hybridized carbons (Fsp3) is 0.222. The van der Waals surface area contributed by atoms with Crippen molar-refractivity contribution in [3.8, 4) is 5.75 Å². The van der Waals surface area contributed by atoms with Crippen molar-refractivity contribution in [2.75, 3.05) is 6.61 Å². The fourth-order valence-corrected chi connectivity index (χ4v) is 2.97. The highest BCUT2D eigenvalue weighted by Gasteiger charge is 2.22. The molecule has 1 amide bonds. The molecule has 0 radical (unpaired) electrons. The number of para-hydroxylation sites is 1. The van der Waals surface area contributed by atoms with Crippen molar-refractivity contribution >= 4 is 11.6 Å². The lowest BCUT2D eigenvalue weighted by Crippen LogP contribution is -2.33. The molecule has 2 aromatic heterocycles. The van der Waals surface area contributed by atoms with Gasteiger partial charge in [-0.1, -0.05) is 24.3 Å². The van der Waals surface area contributed by atoms with Gasteiger partial charge in [-0.2, -0.15) is 0 Å². The zero-order valence-corrected chi connectivity index (χ0v) is 12.6. The molecular weight excluding hydrogens is 290 g/mol. The molecule has 1 aliphatic heterocycles. The Morgan fingerprint density at radius 3 is 3.04 bits per heavy atom. The number of carbonyl (C=O) groups excluding carboxylic acids is 1. The third-order valence-corrected chi connectivity index (χ3v) is 4.05. The maximum absolute atomic E-state index is 12.4. The molecule has 0 fully saturated rings. The highest BCUT2D eigenvalue weighted by Crippen LogP contribution is 2.31. The molecule has 1 unspecified atom stereocenters. The Morgan fingerprint density at radius 2 is 2.13 bits per heavy atom. The van der Waals surface area contributed by atoms with Gasteiger partial charge in [-0.05, 0) is 18.2 Å². The number of carbonyl (C=O) groups is 1. The van der Waals surface area contributed by atoms with Crippen LogP contribution < -0.4 is 10.1 Å². The molecule has 116 valence electrons. The van der Waals surface area contributed by atoms with Crippen LogP contribution in [0, 0.1) is 0 Å². The van der Waals surface area contributed by atoms with E-state index in [2.05, 4.69) is 10.3 Å². The first-order chi connectivity index (χ1) is 11.3. The molecule has 4 rings (SSSR count). The van der Waals surface area contributed by atoms with Crippen LogP contribution in [-0.4, -0.2) is 21.9 Å². The minimum absolute atomic E-state index is 0.00415. The van der Waals surface area contributed by atoms with Gasteiger partial charge in [0, 0.05) is 24.4 Å². The van der Waals surface area contributed by atoms with Crippen LogP contribution in [0.1, 0.15) is 23.7 Å². The average molecular weight is 307 g/mol.